The van der Waals surface area contributed by atoms with E-state index in [1.807, 2.05) is 0 Å². The van der Waals surface area contributed by atoms with Crippen molar-refractivity contribution in [3.63, 3.8) is 0 Å². The Morgan fingerprint density at radius 3 is 2.53 bits per heavy atom. The number of nitrogens with two attached hydrogens (primary N) is 2. The van der Waals surface area contributed by atoms with Gasteiger partial charge in [0.25, 0.3) is 5.91 Å². The van der Waals surface area contributed by atoms with Gasteiger partial charge in [0, 0.05) is 22.3 Å². The molecule has 0 atom stereocenters. The summed E-state index contributed by atoms with van der Waals surface area (Å²) in [4.78, 5) is 24.2. The summed E-state index contributed by atoms with van der Waals surface area (Å²) in [5, 5.41) is 0. The van der Waals surface area contributed by atoms with Crippen LogP contribution < -0.4 is 11.5 Å². The molecule has 0 aliphatic heterocycles. The molecule has 17 heavy (non-hydrogen) atoms. The monoisotopic (exact) mass is 299 g/mol. The maximum absolute atomic E-state index is 12.0. The van der Waals surface area contributed by atoms with Crippen LogP contribution >= 0.6 is 15.9 Å². The van der Waals surface area contributed by atoms with E-state index in [0.717, 1.165) is 4.47 Å². The molecule has 1 aromatic rings. The topological polar surface area (TPSA) is 89.4 Å². The molecule has 5 nitrogen and oxygen atoms in total. The Hall–Kier alpha value is -1.56. The molecule has 1 rings (SSSR count). The third-order valence-corrected chi connectivity index (χ3v) is 2.98. The molecule has 0 bridgehead atoms. The van der Waals surface area contributed by atoms with Crippen LogP contribution in [-0.4, -0.2) is 29.8 Å². The lowest BCUT2D eigenvalue weighted by Crippen LogP contribution is -2.38. The minimum atomic E-state index is -0.537. The van der Waals surface area contributed by atoms with Crippen LogP contribution in [0.5, 0.6) is 0 Å². The number of hydrogen-bond donors (Lipinski definition) is 2. The number of rotatable bonds is 4. The third kappa shape index (κ3) is 3.45. The van der Waals surface area contributed by atoms with Gasteiger partial charge in [-0.3, -0.25) is 9.59 Å². The van der Waals surface area contributed by atoms with E-state index in [2.05, 4.69) is 15.9 Å². The molecule has 0 aliphatic carbocycles. The average molecular weight is 300 g/mol. The summed E-state index contributed by atoms with van der Waals surface area (Å²) in [5.41, 5.74) is 11.7. The third-order valence-electron chi connectivity index (χ3n) is 2.26. The van der Waals surface area contributed by atoms with Crippen molar-refractivity contribution in [3.8, 4) is 0 Å². The van der Waals surface area contributed by atoms with E-state index in [9.17, 15) is 9.59 Å². The fourth-order valence-corrected chi connectivity index (χ4v) is 1.62. The lowest BCUT2D eigenvalue weighted by Gasteiger charge is -2.19. The smallest absolute Gasteiger partial charge is 0.254 e. The Balaban J connectivity index is 2.93. The van der Waals surface area contributed by atoms with Crippen LogP contribution in [0.3, 0.4) is 0 Å². The summed E-state index contributed by atoms with van der Waals surface area (Å²) in [6.45, 7) is 2.10. The molecule has 6 heteroatoms. The number of carbonyl (C=O) groups is 2. The summed E-state index contributed by atoms with van der Waals surface area (Å²) >= 11 is 3.25. The number of primary amides is 1. The molecule has 0 saturated heterocycles. The van der Waals surface area contributed by atoms with Crippen LogP contribution in [0.2, 0.25) is 0 Å². The highest BCUT2D eigenvalue weighted by Gasteiger charge is 2.16. The predicted molar refractivity (Wildman–Crippen MR) is 69.3 cm³/mol. The largest absolute Gasteiger partial charge is 0.398 e. The van der Waals surface area contributed by atoms with Crippen molar-refractivity contribution in [2.45, 2.75) is 6.92 Å². The van der Waals surface area contributed by atoms with Crippen molar-refractivity contribution in [1.29, 1.82) is 0 Å². The van der Waals surface area contributed by atoms with Crippen LogP contribution in [0.15, 0.2) is 22.7 Å². The molecule has 0 unspecified atom stereocenters. The Morgan fingerprint density at radius 2 is 2.06 bits per heavy atom. The van der Waals surface area contributed by atoms with Gasteiger partial charge in [-0.15, -0.1) is 0 Å². The Labute approximate surface area is 108 Å². The molecule has 4 N–H and O–H groups in total. The van der Waals surface area contributed by atoms with Crippen molar-refractivity contribution in [2.24, 2.45) is 5.73 Å². The SMILES string of the molecule is CCN(CC(N)=O)C(=O)c1ccc(Br)c(N)c1. The number of likely N-dealkylation sites (N-methyl/N-ethyl adjacent to an activating group) is 1. The van der Waals surface area contributed by atoms with E-state index < -0.39 is 5.91 Å². The number of benzene rings is 1. The lowest BCUT2D eigenvalue weighted by molar-refractivity contribution is -0.118. The molecule has 0 aliphatic rings. The maximum Gasteiger partial charge on any atom is 0.254 e. The normalized spacial score (nSPS) is 10.0. The minimum absolute atomic E-state index is 0.0920. The van der Waals surface area contributed by atoms with E-state index in [1.54, 1.807) is 25.1 Å². The molecule has 0 fully saturated rings. The fourth-order valence-electron chi connectivity index (χ4n) is 1.37. The first-order chi connectivity index (χ1) is 7.95. The van der Waals surface area contributed by atoms with Crippen molar-refractivity contribution in [2.75, 3.05) is 18.8 Å². The Bertz CT molecular complexity index is 448. The fraction of sp³-hybridized carbons (Fsp3) is 0.273. The van der Waals surface area contributed by atoms with Gasteiger partial charge in [0.1, 0.15) is 0 Å². The van der Waals surface area contributed by atoms with E-state index in [1.165, 1.54) is 4.90 Å². The zero-order valence-electron chi connectivity index (χ0n) is 9.44. The van der Waals surface area contributed by atoms with E-state index in [0.29, 0.717) is 17.8 Å². The van der Waals surface area contributed by atoms with Crippen molar-refractivity contribution in [3.05, 3.63) is 28.2 Å². The maximum atomic E-state index is 12.0. The molecule has 2 amide bonds. The predicted octanol–water partition coefficient (Wildman–Crippen LogP) is 0.979. The lowest BCUT2D eigenvalue weighted by atomic mass is 10.1. The van der Waals surface area contributed by atoms with Crippen LogP contribution in [0.4, 0.5) is 5.69 Å². The second-order valence-electron chi connectivity index (χ2n) is 3.52. The van der Waals surface area contributed by atoms with Gasteiger partial charge in [-0.05, 0) is 41.1 Å². The molecule has 0 saturated carbocycles. The summed E-state index contributed by atoms with van der Waals surface area (Å²) in [5.74, 6) is -0.796. The number of nitrogen functional groups attached to an aromatic ring is 1. The van der Waals surface area contributed by atoms with E-state index in [4.69, 9.17) is 11.5 Å². The van der Waals surface area contributed by atoms with Gasteiger partial charge in [-0.2, -0.15) is 0 Å². The van der Waals surface area contributed by atoms with E-state index in [-0.39, 0.29) is 12.5 Å². The molecule has 1 aromatic carbocycles. The van der Waals surface area contributed by atoms with Gasteiger partial charge < -0.3 is 16.4 Å². The molecule has 0 radical (unpaired) electrons. The van der Waals surface area contributed by atoms with Crippen molar-refractivity contribution >= 4 is 33.4 Å². The number of nitrogens with zero attached hydrogens (tertiary/aromatic N) is 1. The quantitative estimate of drug-likeness (QED) is 0.812. The van der Waals surface area contributed by atoms with E-state index >= 15 is 0 Å². The minimum Gasteiger partial charge on any atom is -0.398 e. The molecule has 0 heterocycles. The highest BCUT2D eigenvalue weighted by molar-refractivity contribution is 9.10. The Kier molecular flexibility index (Phi) is 4.51. The Morgan fingerprint density at radius 1 is 1.41 bits per heavy atom. The summed E-state index contributed by atoms with van der Waals surface area (Å²) in [7, 11) is 0. The van der Waals surface area contributed by atoms with Gasteiger partial charge in [0.15, 0.2) is 0 Å². The molecule has 0 aromatic heterocycles. The summed E-state index contributed by atoms with van der Waals surface area (Å²) < 4.78 is 0.729. The highest BCUT2D eigenvalue weighted by Crippen LogP contribution is 2.20. The second kappa shape index (κ2) is 5.67. The van der Waals surface area contributed by atoms with Crippen LogP contribution in [0, 0.1) is 0 Å². The first kappa shape index (κ1) is 13.5. The zero-order valence-corrected chi connectivity index (χ0v) is 11.0. The second-order valence-corrected chi connectivity index (χ2v) is 4.38. The summed E-state index contributed by atoms with van der Waals surface area (Å²) in [6, 6.07) is 4.91. The van der Waals surface area contributed by atoms with Crippen LogP contribution in [0.1, 0.15) is 17.3 Å². The van der Waals surface area contributed by atoms with Crippen LogP contribution in [-0.2, 0) is 4.79 Å². The van der Waals surface area contributed by atoms with Gasteiger partial charge >= 0.3 is 0 Å². The van der Waals surface area contributed by atoms with Gasteiger partial charge in [-0.25, -0.2) is 0 Å². The van der Waals surface area contributed by atoms with Gasteiger partial charge in [-0.1, -0.05) is 0 Å². The molecule has 92 valence electrons. The average Bonchev–Trinajstić information content (AvgIpc) is 2.28. The zero-order chi connectivity index (χ0) is 13.0. The van der Waals surface area contributed by atoms with Crippen LogP contribution in [0.25, 0.3) is 0 Å². The van der Waals surface area contributed by atoms with Crippen molar-refractivity contribution < 1.29 is 9.59 Å². The highest BCUT2D eigenvalue weighted by atomic mass is 79.9. The number of halogens is 1. The number of hydrogen-bond acceptors (Lipinski definition) is 3. The standard InChI is InChI=1S/C11H14BrN3O2/c1-2-15(6-10(14)16)11(17)7-3-4-8(12)9(13)5-7/h3-5H,2,6,13H2,1H3,(H2,14,16). The number of anilines is 1. The van der Waals surface area contributed by atoms with Gasteiger partial charge in [0.2, 0.25) is 5.91 Å². The first-order valence-electron chi connectivity index (χ1n) is 5.08. The summed E-state index contributed by atoms with van der Waals surface area (Å²) in [6.07, 6.45) is 0. The van der Waals surface area contributed by atoms with Gasteiger partial charge in [0.05, 0.1) is 6.54 Å². The van der Waals surface area contributed by atoms with Crippen molar-refractivity contribution in [1.82, 2.24) is 4.90 Å². The first-order valence-corrected chi connectivity index (χ1v) is 5.87. The number of amides is 2. The number of carbonyl (C=O) groups excluding carboxylic acids is 2. The molecule has 0 spiro atoms. The molecular weight excluding hydrogens is 286 g/mol. The molecular formula is C11H14BrN3O2.